The number of hydrogen-bond acceptors (Lipinski definition) is 1. The van der Waals surface area contributed by atoms with Gasteiger partial charge in [0.1, 0.15) is 0 Å². The van der Waals surface area contributed by atoms with Crippen LogP contribution in [0.25, 0.3) is 0 Å². The van der Waals surface area contributed by atoms with E-state index >= 15 is 0 Å². The van der Waals surface area contributed by atoms with Crippen LogP contribution in [-0.4, -0.2) is 23.9 Å². The van der Waals surface area contributed by atoms with E-state index in [4.69, 9.17) is 4.74 Å². The Balaban J connectivity index is 0.000000291. The van der Waals surface area contributed by atoms with Gasteiger partial charge in [-0.2, -0.15) is 0 Å². The van der Waals surface area contributed by atoms with Gasteiger partial charge in [0, 0.05) is 11.9 Å². The highest BCUT2D eigenvalue weighted by atomic mass is 79.9. The number of ether oxygens (including phenoxy) is 1. The lowest BCUT2D eigenvalue weighted by Gasteiger charge is -2.00. The number of halogens is 2. The Morgan fingerprint density at radius 2 is 2.22 bits per heavy atom. The zero-order valence-corrected chi connectivity index (χ0v) is 8.74. The third kappa shape index (κ3) is 4.34. The van der Waals surface area contributed by atoms with Crippen LogP contribution in [0.2, 0.25) is 0 Å². The summed E-state index contributed by atoms with van der Waals surface area (Å²) < 4.78 is 5.26. The highest BCUT2D eigenvalue weighted by molar-refractivity contribution is 9.09. The van der Waals surface area contributed by atoms with Crippen LogP contribution in [0, 0.1) is 0 Å². The first-order chi connectivity index (χ1) is 4.43. The smallest absolute Gasteiger partial charge is 0.0672 e. The van der Waals surface area contributed by atoms with Gasteiger partial charge in [0.25, 0.3) is 0 Å². The Hall–Kier alpha value is 0.920. The summed E-state index contributed by atoms with van der Waals surface area (Å²) >= 11 is 6.29. The third-order valence-electron chi connectivity index (χ3n) is 1.20. The molecule has 1 atom stereocenters. The predicted octanol–water partition coefficient (Wildman–Crippen LogP) is 2.57. The molecule has 0 bridgehead atoms. The highest BCUT2D eigenvalue weighted by Gasteiger charge is 2.12. The first-order valence-corrected chi connectivity index (χ1v) is 5.69. The molecule has 1 unspecified atom stereocenters. The second-order valence-electron chi connectivity index (χ2n) is 1.79. The van der Waals surface area contributed by atoms with Crippen molar-refractivity contribution in [3.63, 3.8) is 0 Å². The van der Waals surface area contributed by atoms with E-state index in [0.29, 0.717) is 6.10 Å². The van der Waals surface area contributed by atoms with Gasteiger partial charge in [-0.3, -0.25) is 0 Å². The van der Waals surface area contributed by atoms with Crippen LogP contribution in [0.1, 0.15) is 12.8 Å². The van der Waals surface area contributed by atoms with Gasteiger partial charge in [-0.15, -0.1) is 0 Å². The van der Waals surface area contributed by atoms with E-state index in [1.807, 2.05) is 5.83 Å². The molecule has 1 aliphatic rings. The highest BCUT2D eigenvalue weighted by Crippen LogP contribution is 2.12. The maximum absolute atomic E-state index is 5.26. The number of hydrogen-bond donors (Lipinski definition) is 0. The maximum atomic E-state index is 5.26. The lowest BCUT2D eigenvalue weighted by molar-refractivity contribution is 0.129. The molecule has 0 saturated carbocycles. The normalized spacial score (nSPS) is 25.0. The summed E-state index contributed by atoms with van der Waals surface area (Å²) in [5.41, 5.74) is 0. The minimum Gasteiger partial charge on any atom is -0.377 e. The van der Waals surface area contributed by atoms with Crippen LogP contribution in [0.15, 0.2) is 0 Å². The molecule has 0 N–H and O–H groups in total. The van der Waals surface area contributed by atoms with Crippen LogP contribution in [-0.2, 0) is 4.74 Å². The Labute approximate surface area is 73.4 Å². The lowest BCUT2D eigenvalue weighted by Crippen LogP contribution is -2.04. The third-order valence-corrected chi connectivity index (χ3v) is 1.92. The molecule has 0 aromatic heterocycles. The van der Waals surface area contributed by atoms with E-state index in [-0.39, 0.29) is 0 Å². The number of rotatable bonds is 1. The Kier molecular flexibility index (Phi) is 7.75. The quantitative estimate of drug-likeness (QED) is 0.658. The minimum atomic E-state index is 0.514. The van der Waals surface area contributed by atoms with Crippen molar-refractivity contribution in [3.8, 4) is 0 Å². The summed E-state index contributed by atoms with van der Waals surface area (Å²) in [5.74, 6) is 1.81. The Morgan fingerprint density at radius 3 is 2.44 bits per heavy atom. The second-order valence-corrected chi connectivity index (χ2v) is 2.44. The molecule has 1 aliphatic heterocycles. The first-order valence-electron chi connectivity index (χ1n) is 2.99. The second kappa shape index (κ2) is 7.03. The van der Waals surface area contributed by atoms with E-state index in [1.54, 1.807) is 0 Å². The average Bonchev–Trinajstić information content (AvgIpc) is 2.43. The van der Waals surface area contributed by atoms with Crippen LogP contribution >= 0.6 is 31.9 Å². The number of alkyl halides is 2. The van der Waals surface area contributed by atoms with E-state index in [0.717, 1.165) is 11.9 Å². The van der Waals surface area contributed by atoms with Crippen molar-refractivity contribution in [2.45, 2.75) is 18.9 Å². The summed E-state index contributed by atoms with van der Waals surface area (Å²) in [5, 5.41) is 1.01. The lowest BCUT2D eigenvalue weighted by atomic mass is 10.3. The first kappa shape index (κ1) is 9.92. The Bertz CT molecular complexity index is 53.0. The molecule has 1 fully saturated rings. The topological polar surface area (TPSA) is 9.23 Å². The Morgan fingerprint density at radius 1 is 1.56 bits per heavy atom. The standard InChI is InChI=1S/C5H9BrO.CH3Br/c6-4-5-2-1-3-7-5;1-2/h5H,1-4H2;1H3. The van der Waals surface area contributed by atoms with E-state index < -0.39 is 0 Å². The molecule has 3 heteroatoms. The molecule has 1 heterocycles. The molecule has 56 valence electrons. The van der Waals surface area contributed by atoms with Crippen LogP contribution < -0.4 is 0 Å². The molecule has 1 rings (SSSR count). The fraction of sp³-hybridized carbons (Fsp3) is 1.00. The van der Waals surface area contributed by atoms with Gasteiger partial charge in [0.15, 0.2) is 0 Å². The monoisotopic (exact) mass is 258 g/mol. The van der Waals surface area contributed by atoms with Crippen molar-refractivity contribution in [2.24, 2.45) is 0 Å². The minimum absolute atomic E-state index is 0.514. The molecular weight excluding hydrogens is 248 g/mol. The van der Waals surface area contributed by atoms with Gasteiger partial charge in [-0.25, -0.2) is 0 Å². The van der Waals surface area contributed by atoms with E-state index in [2.05, 4.69) is 31.9 Å². The zero-order valence-electron chi connectivity index (χ0n) is 5.57. The van der Waals surface area contributed by atoms with Crippen molar-refractivity contribution in [3.05, 3.63) is 0 Å². The fourth-order valence-corrected chi connectivity index (χ4v) is 1.28. The fourth-order valence-electron chi connectivity index (χ4n) is 0.766. The van der Waals surface area contributed by atoms with Crippen molar-refractivity contribution < 1.29 is 4.74 Å². The van der Waals surface area contributed by atoms with Gasteiger partial charge in [0.2, 0.25) is 0 Å². The van der Waals surface area contributed by atoms with E-state index in [1.165, 1.54) is 12.8 Å². The largest absolute Gasteiger partial charge is 0.377 e. The summed E-state index contributed by atoms with van der Waals surface area (Å²) in [7, 11) is 0. The summed E-state index contributed by atoms with van der Waals surface area (Å²) in [6.45, 7) is 0.969. The molecule has 0 spiro atoms. The SMILES string of the molecule is BrCC1CCCO1.CBr. The molecular formula is C6H12Br2O. The molecule has 9 heavy (non-hydrogen) atoms. The molecule has 0 aromatic carbocycles. The van der Waals surface area contributed by atoms with Gasteiger partial charge in [0.05, 0.1) is 6.10 Å². The molecule has 0 amide bonds. The van der Waals surface area contributed by atoms with Crippen LogP contribution in [0.4, 0.5) is 0 Å². The summed E-state index contributed by atoms with van der Waals surface area (Å²) in [6, 6.07) is 0. The van der Waals surface area contributed by atoms with Crippen molar-refractivity contribution >= 4 is 31.9 Å². The average molecular weight is 260 g/mol. The van der Waals surface area contributed by atoms with E-state index in [9.17, 15) is 0 Å². The molecule has 1 saturated heterocycles. The van der Waals surface area contributed by atoms with Crippen molar-refractivity contribution in [2.75, 3.05) is 17.8 Å². The van der Waals surface area contributed by atoms with Gasteiger partial charge in [-0.05, 0) is 18.7 Å². The molecule has 0 aromatic rings. The molecule has 0 radical (unpaired) electrons. The molecule has 1 nitrogen and oxygen atoms in total. The van der Waals surface area contributed by atoms with Crippen LogP contribution in [0.5, 0.6) is 0 Å². The summed E-state index contributed by atoms with van der Waals surface area (Å²) in [6.07, 6.45) is 3.00. The van der Waals surface area contributed by atoms with Crippen molar-refractivity contribution in [1.29, 1.82) is 0 Å². The zero-order chi connectivity index (χ0) is 7.11. The van der Waals surface area contributed by atoms with Gasteiger partial charge >= 0.3 is 0 Å². The van der Waals surface area contributed by atoms with Gasteiger partial charge in [-0.1, -0.05) is 31.9 Å². The van der Waals surface area contributed by atoms with Crippen LogP contribution in [0.3, 0.4) is 0 Å². The molecule has 0 aliphatic carbocycles. The predicted molar refractivity (Wildman–Crippen MR) is 47.6 cm³/mol. The summed E-state index contributed by atoms with van der Waals surface area (Å²) in [4.78, 5) is 0. The van der Waals surface area contributed by atoms with Gasteiger partial charge < -0.3 is 4.74 Å². The maximum Gasteiger partial charge on any atom is 0.0672 e. The van der Waals surface area contributed by atoms with Crippen molar-refractivity contribution in [1.82, 2.24) is 0 Å².